The minimum atomic E-state index is -0.940. The Kier molecular flexibility index (Phi) is 9.69. The summed E-state index contributed by atoms with van der Waals surface area (Å²) in [6.45, 7) is 1.60. The molecule has 2 fully saturated rings. The van der Waals surface area contributed by atoms with Crippen molar-refractivity contribution >= 4 is 52.7 Å². The van der Waals surface area contributed by atoms with E-state index in [0.29, 0.717) is 38.6 Å². The van der Waals surface area contributed by atoms with E-state index in [1.54, 1.807) is 13.1 Å². The van der Waals surface area contributed by atoms with Gasteiger partial charge in [-0.3, -0.25) is 24.2 Å². The number of rotatable bonds is 9. The van der Waals surface area contributed by atoms with Crippen LogP contribution in [0.1, 0.15) is 55.8 Å². The first kappa shape index (κ1) is 27.9. The summed E-state index contributed by atoms with van der Waals surface area (Å²) in [6.07, 6.45) is 2.30. The van der Waals surface area contributed by atoms with Crippen molar-refractivity contribution in [2.45, 2.75) is 63.6 Å². The van der Waals surface area contributed by atoms with Crippen molar-refractivity contribution in [3.05, 3.63) is 33.8 Å². The molecule has 0 saturated carbocycles. The number of esters is 1. The van der Waals surface area contributed by atoms with Crippen molar-refractivity contribution in [1.82, 2.24) is 20.7 Å². The molecular formula is C24H30Cl2N4O6. The van der Waals surface area contributed by atoms with Crippen LogP contribution in [0.3, 0.4) is 0 Å². The molecule has 3 amide bonds. The lowest BCUT2D eigenvalue weighted by atomic mass is 10.0. The molecule has 1 aromatic rings. The zero-order chi connectivity index (χ0) is 26.4. The number of hydrazine groups is 1. The van der Waals surface area contributed by atoms with Gasteiger partial charge in [0.15, 0.2) is 12.4 Å². The Morgan fingerprint density at radius 3 is 2.50 bits per heavy atom. The first-order valence-corrected chi connectivity index (χ1v) is 12.7. The normalized spacial score (nSPS) is 20.9. The van der Waals surface area contributed by atoms with E-state index in [2.05, 4.69) is 10.6 Å². The van der Waals surface area contributed by atoms with Gasteiger partial charge in [-0.25, -0.2) is 9.80 Å². The van der Waals surface area contributed by atoms with E-state index in [1.807, 2.05) is 6.92 Å². The van der Waals surface area contributed by atoms with E-state index in [-0.39, 0.29) is 33.8 Å². The van der Waals surface area contributed by atoms with E-state index in [4.69, 9.17) is 27.9 Å². The molecule has 36 heavy (non-hydrogen) atoms. The number of hydrogen-bond donors (Lipinski definition) is 2. The van der Waals surface area contributed by atoms with Crippen LogP contribution in [0.4, 0.5) is 0 Å². The Morgan fingerprint density at radius 2 is 1.86 bits per heavy atom. The molecule has 2 heterocycles. The molecule has 3 atom stereocenters. The molecule has 3 rings (SSSR count). The number of carbonyl (C=O) groups excluding carboxylic acids is 5. The summed E-state index contributed by atoms with van der Waals surface area (Å²) in [7, 11) is 1.63. The van der Waals surface area contributed by atoms with Crippen LogP contribution in [0.15, 0.2) is 18.2 Å². The Bertz CT molecular complexity index is 1020. The van der Waals surface area contributed by atoms with Gasteiger partial charge in [-0.05, 0) is 44.9 Å². The van der Waals surface area contributed by atoms with Gasteiger partial charge >= 0.3 is 5.97 Å². The highest BCUT2D eigenvalue weighted by molar-refractivity contribution is 6.39. The highest BCUT2D eigenvalue weighted by atomic mass is 35.5. The number of carbonyl (C=O) groups is 5. The topological polar surface area (TPSA) is 125 Å². The molecule has 2 saturated heterocycles. The Balaban J connectivity index is 1.70. The smallest absolute Gasteiger partial charge is 0.341 e. The average molecular weight is 541 g/mol. The number of ketones is 1. The van der Waals surface area contributed by atoms with Gasteiger partial charge in [0.05, 0.1) is 27.7 Å². The zero-order valence-electron chi connectivity index (χ0n) is 20.2. The summed E-state index contributed by atoms with van der Waals surface area (Å²) in [5, 5.41) is 8.40. The average Bonchev–Trinajstić information content (AvgIpc) is 2.98. The molecular weight excluding hydrogens is 511 g/mol. The third-order valence-corrected chi connectivity index (χ3v) is 6.94. The second kappa shape index (κ2) is 12.5. The van der Waals surface area contributed by atoms with Gasteiger partial charge in [0.25, 0.3) is 5.91 Å². The molecule has 2 aliphatic heterocycles. The van der Waals surface area contributed by atoms with Gasteiger partial charge in [-0.1, -0.05) is 42.6 Å². The SMILES string of the molecule is CCCC(NC(=O)C1CCCN2C(=O)CCC(NC)C(=O)N12)C(=O)COC(=O)c1c(Cl)cccc1Cl. The second-order valence-corrected chi connectivity index (χ2v) is 9.54. The van der Waals surface area contributed by atoms with Crippen LogP contribution >= 0.6 is 23.2 Å². The van der Waals surface area contributed by atoms with Crippen molar-refractivity contribution in [2.75, 3.05) is 20.2 Å². The summed E-state index contributed by atoms with van der Waals surface area (Å²) in [5.74, 6) is -2.47. The predicted molar refractivity (Wildman–Crippen MR) is 132 cm³/mol. The molecule has 3 unspecified atom stereocenters. The molecule has 12 heteroatoms. The number of likely N-dealkylation sites (N-methyl/N-ethyl adjacent to an activating group) is 1. The van der Waals surface area contributed by atoms with Crippen LogP contribution in [0.5, 0.6) is 0 Å². The van der Waals surface area contributed by atoms with Crippen LogP contribution in [-0.2, 0) is 23.9 Å². The Morgan fingerprint density at radius 1 is 1.17 bits per heavy atom. The maximum absolute atomic E-state index is 13.3. The van der Waals surface area contributed by atoms with E-state index in [0.717, 1.165) is 0 Å². The number of nitrogens with one attached hydrogen (secondary N) is 2. The number of fused-ring (bicyclic) bond motifs is 1. The maximum Gasteiger partial charge on any atom is 0.341 e. The van der Waals surface area contributed by atoms with Crippen LogP contribution in [0.25, 0.3) is 0 Å². The number of benzene rings is 1. The molecule has 0 spiro atoms. The number of nitrogens with zero attached hydrogens (tertiary/aromatic N) is 2. The maximum atomic E-state index is 13.3. The third kappa shape index (κ3) is 6.16. The van der Waals surface area contributed by atoms with Gasteiger partial charge in [0, 0.05) is 13.0 Å². The van der Waals surface area contributed by atoms with E-state index in [1.165, 1.54) is 22.2 Å². The van der Waals surface area contributed by atoms with Crippen molar-refractivity contribution < 1.29 is 28.7 Å². The van der Waals surface area contributed by atoms with E-state index < -0.39 is 42.4 Å². The van der Waals surface area contributed by atoms with Crippen LogP contribution in [0, 0.1) is 0 Å². The number of hydrogen-bond acceptors (Lipinski definition) is 7. The van der Waals surface area contributed by atoms with Gasteiger partial charge in [0.2, 0.25) is 11.8 Å². The van der Waals surface area contributed by atoms with Crippen LogP contribution in [0.2, 0.25) is 10.0 Å². The van der Waals surface area contributed by atoms with Gasteiger partial charge < -0.3 is 15.4 Å². The largest absolute Gasteiger partial charge is 0.454 e. The highest BCUT2D eigenvalue weighted by Gasteiger charge is 2.44. The summed E-state index contributed by atoms with van der Waals surface area (Å²) in [6, 6.07) is 2.08. The molecule has 1 aromatic carbocycles. The number of Topliss-reactive ketones (excluding diaryl/α,β-unsaturated/α-hetero) is 1. The number of ether oxygens (including phenoxy) is 1. The number of amides is 3. The molecule has 0 aromatic heterocycles. The molecule has 196 valence electrons. The first-order chi connectivity index (χ1) is 17.2. The van der Waals surface area contributed by atoms with Crippen molar-refractivity contribution in [2.24, 2.45) is 0 Å². The predicted octanol–water partition coefficient (Wildman–Crippen LogP) is 2.12. The number of halogens is 2. The molecule has 10 nitrogen and oxygen atoms in total. The van der Waals surface area contributed by atoms with E-state index >= 15 is 0 Å². The van der Waals surface area contributed by atoms with Crippen LogP contribution in [-0.4, -0.2) is 77.8 Å². The lowest BCUT2D eigenvalue weighted by Gasteiger charge is -2.43. The molecule has 0 bridgehead atoms. The molecule has 2 N–H and O–H groups in total. The fourth-order valence-corrected chi connectivity index (χ4v) is 4.96. The quantitative estimate of drug-likeness (QED) is 0.459. The van der Waals surface area contributed by atoms with Crippen molar-refractivity contribution in [3.8, 4) is 0 Å². The highest BCUT2D eigenvalue weighted by Crippen LogP contribution is 2.26. The van der Waals surface area contributed by atoms with Gasteiger partial charge in [-0.15, -0.1) is 0 Å². The molecule has 0 radical (unpaired) electrons. The van der Waals surface area contributed by atoms with Crippen molar-refractivity contribution in [1.29, 1.82) is 0 Å². The lowest BCUT2D eigenvalue weighted by Crippen LogP contribution is -2.64. The minimum absolute atomic E-state index is 0.0459. The van der Waals surface area contributed by atoms with Gasteiger partial charge in [0.1, 0.15) is 6.04 Å². The summed E-state index contributed by atoms with van der Waals surface area (Å²) in [5.41, 5.74) is -0.0459. The molecule has 0 aliphatic carbocycles. The minimum Gasteiger partial charge on any atom is -0.454 e. The van der Waals surface area contributed by atoms with Crippen molar-refractivity contribution in [3.63, 3.8) is 0 Å². The summed E-state index contributed by atoms with van der Waals surface area (Å²) in [4.78, 5) is 64.4. The van der Waals surface area contributed by atoms with E-state index in [9.17, 15) is 24.0 Å². The molecule has 2 aliphatic rings. The summed E-state index contributed by atoms with van der Waals surface area (Å²) >= 11 is 12.1. The fourth-order valence-electron chi connectivity index (χ4n) is 4.41. The second-order valence-electron chi connectivity index (χ2n) is 8.73. The standard InChI is InChI=1S/C24H30Cl2N4O6/c1-3-6-16(19(31)13-36-24(35)21-14(25)7-4-8-15(21)26)28-22(33)18-9-5-12-29-20(32)11-10-17(27-2)23(34)30(18)29/h4,7-8,16-18,27H,3,5-6,9-13H2,1-2H3,(H,28,33). The lowest BCUT2D eigenvalue weighted by molar-refractivity contribution is -0.176. The van der Waals surface area contributed by atoms with Gasteiger partial charge in [-0.2, -0.15) is 0 Å². The zero-order valence-corrected chi connectivity index (χ0v) is 21.7. The van der Waals surface area contributed by atoms with Crippen LogP contribution < -0.4 is 10.6 Å². The first-order valence-electron chi connectivity index (χ1n) is 11.9. The Hall–Kier alpha value is -2.69. The Labute approximate surface area is 219 Å². The summed E-state index contributed by atoms with van der Waals surface area (Å²) < 4.78 is 5.13. The third-order valence-electron chi connectivity index (χ3n) is 6.31. The fraction of sp³-hybridized carbons (Fsp3) is 0.542. The monoisotopic (exact) mass is 540 g/mol.